The molecule has 1 aliphatic heterocycles. The van der Waals surface area contributed by atoms with Gasteiger partial charge < -0.3 is 21.1 Å². The van der Waals surface area contributed by atoms with Crippen molar-refractivity contribution in [1.29, 1.82) is 0 Å². The van der Waals surface area contributed by atoms with Gasteiger partial charge in [0.15, 0.2) is 5.60 Å². The van der Waals surface area contributed by atoms with Crippen LogP contribution in [0.5, 0.6) is 0 Å². The molecule has 5 fully saturated rings. The zero-order chi connectivity index (χ0) is 9.34. The van der Waals surface area contributed by atoms with Gasteiger partial charge in [-0.15, -0.1) is 0 Å². The molecule has 0 amide bonds. The summed E-state index contributed by atoms with van der Waals surface area (Å²) < 4.78 is 10.8. The highest BCUT2D eigenvalue weighted by Gasteiger charge is 2.64. The van der Waals surface area contributed by atoms with Crippen molar-refractivity contribution in [3.63, 3.8) is 0 Å². The van der Waals surface area contributed by atoms with Crippen molar-refractivity contribution in [2.24, 2.45) is 17.8 Å². The van der Waals surface area contributed by atoms with E-state index >= 15 is 0 Å². The van der Waals surface area contributed by atoms with Gasteiger partial charge in [0.25, 0.3) is 0 Å². The molecule has 1 heterocycles. The second-order valence-corrected chi connectivity index (χ2v) is 5.56. The molecule has 16 heavy (non-hydrogen) atoms. The van der Waals surface area contributed by atoms with E-state index in [2.05, 4.69) is 0 Å². The van der Waals surface area contributed by atoms with Crippen molar-refractivity contribution in [2.75, 3.05) is 0 Å². The highest BCUT2D eigenvalue weighted by molar-refractivity contribution is 5.64. The number of hydrogen-bond acceptors (Lipinski definition) is 4. The van der Waals surface area contributed by atoms with Crippen LogP contribution in [0.3, 0.4) is 0 Å². The number of rotatable bonds is 0. The molecule has 5 rings (SSSR count). The van der Waals surface area contributed by atoms with Gasteiger partial charge in [0.1, 0.15) is 6.10 Å². The molecule has 1 saturated heterocycles. The van der Waals surface area contributed by atoms with Crippen LogP contribution in [0.15, 0.2) is 0 Å². The molecular formula is C11H19NO4. The quantitative estimate of drug-likeness (QED) is 0.635. The van der Waals surface area contributed by atoms with Gasteiger partial charge in [-0.2, -0.15) is 0 Å². The number of carbonyl (C=O) groups excluding carboxylic acids is 1. The molecule has 5 heteroatoms. The van der Waals surface area contributed by atoms with Crippen molar-refractivity contribution >= 4 is 6.16 Å². The van der Waals surface area contributed by atoms with Crippen LogP contribution >= 0.6 is 0 Å². The summed E-state index contributed by atoms with van der Waals surface area (Å²) >= 11 is 0. The van der Waals surface area contributed by atoms with Gasteiger partial charge in [-0.3, -0.25) is 0 Å². The van der Waals surface area contributed by atoms with Crippen molar-refractivity contribution in [1.82, 2.24) is 6.15 Å². The van der Waals surface area contributed by atoms with Crippen LogP contribution in [0, 0.1) is 17.8 Å². The predicted molar refractivity (Wildman–Crippen MR) is 56.3 cm³/mol. The van der Waals surface area contributed by atoms with Crippen LogP contribution in [-0.4, -0.2) is 23.3 Å². The first kappa shape index (κ1) is 11.7. The normalized spacial score (nSPS) is 50.9. The summed E-state index contributed by atoms with van der Waals surface area (Å²) in [6.07, 6.45) is 5.71. The highest BCUT2D eigenvalue weighted by atomic mass is 16.8. The molecule has 0 aromatic rings. The van der Waals surface area contributed by atoms with E-state index in [9.17, 15) is 4.79 Å². The molecule has 92 valence electrons. The Balaban J connectivity index is 0.000000482. The van der Waals surface area contributed by atoms with E-state index in [1.807, 2.05) is 0 Å². The number of carbonyl (C=O) groups is 1. The summed E-state index contributed by atoms with van der Waals surface area (Å²) in [5.41, 5.74) is -0.189. The molecule has 3 unspecified atom stereocenters. The lowest BCUT2D eigenvalue weighted by atomic mass is 9.53. The van der Waals surface area contributed by atoms with Gasteiger partial charge in [0.05, 0.1) is 0 Å². The molecule has 3 atom stereocenters. The third-order valence-corrected chi connectivity index (χ3v) is 4.66. The summed E-state index contributed by atoms with van der Waals surface area (Å²) in [5.74, 6) is 2.21. The monoisotopic (exact) mass is 229 g/mol. The van der Waals surface area contributed by atoms with Crippen molar-refractivity contribution in [3.8, 4) is 0 Å². The first-order valence-electron chi connectivity index (χ1n) is 5.65. The van der Waals surface area contributed by atoms with Gasteiger partial charge in [0, 0.05) is 5.92 Å². The summed E-state index contributed by atoms with van der Waals surface area (Å²) in [6, 6.07) is 0. The van der Waals surface area contributed by atoms with Gasteiger partial charge in [-0.05, 0) is 43.9 Å². The molecule has 4 aliphatic carbocycles. The molecular weight excluding hydrogens is 210 g/mol. The third kappa shape index (κ3) is 1.21. The van der Waals surface area contributed by atoms with E-state index < -0.39 is 6.16 Å². The van der Waals surface area contributed by atoms with Gasteiger partial charge in [0.2, 0.25) is 0 Å². The maximum absolute atomic E-state index is 11.2. The van der Waals surface area contributed by atoms with Crippen LogP contribution in [-0.2, 0) is 9.47 Å². The van der Waals surface area contributed by atoms with E-state index in [0.29, 0.717) is 5.92 Å². The fraction of sp³-hybridized carbons (Fsp3) is 0.909. The average molecular weight is 229 g/mol. The Morgan fingerprint density at radius 1 is 1.12 bits per heavy atom. The maximum atomic E-state index is 11.2. The van der Waals surface area contributed by atoms with Crippen LogP contribution in [0.2, 0.25) is 0 Å². The number of ether oxygens (including phenoxy) is 2. The molecule has 1 spiro atoms. The minimum atomic E-state index is -0.414. The maximum Gasteiger partial charge on any atom is 0.509 e. The van der Waals surface area contributed by atoms with Crippen molar-refractivity contribution in [2.45, 2.75) is 43.8 Å². The van der Waals surface area contributed by atoms with Crippen molar-refractivity contribution in [3.05, 3.63) is 0 Å². The summed E-state index contributed by atoms with van der Waals surface area (Å²) in [7, 11) is 0. The first-order chi connectivity index (χ1) is 6.75. The van der Waals surface area contributed by atoms with Crippen molar-refractivity contribution < 1.29 is 19.7 Å². The Bertz CT molecular complexity index is 305. The van der Waals surface area contributed by atoms with E-state index in [0.717, 1.165) is 24.7 Å². The van der Waals surface area contributed by atoms with Gasteiger partial charge in [-0.1, -0.05) is 0 Å². The molecule has 5 aliphatic rings. The SMILES string of the molecule is N.O.O=C1OC2C3CC4CC(C3)CC2(C4)O1. The van der Waals surface area contributed by atoms with Crippen LogP contribution in [0.4, 0.5) is 4.79 Å². The predicted octanol–water partition coefficient (Wildman–Crippen LogP) is 1.44. The minimum absolute atomic E-state index is 0. The van der Waals surface area contributed by atoms with E-state index in [-0.39, 0.29) is 23.3 Å². The smallest absolute Gasteiger partial charge is 0.426 e. The van der Waals surface area contributed by atoms with Crippen LogP contribution < -0.4 is 6.15 Å². The Hall–Kier alpha value is -0.810. The first-order valence-corrected chi connectivity index (χ1v) is 5.65. The van der Waals surface area contributed by atoms with E-state index in [1.165, 1.54) is 19.3 Å². The molecule has 0 aromatic heterocycles. The molecule has 0 aromatic carbocycles. The molecule has 5 N–H and O–H groups in total. The van der Waals surface area contributed by atoms with Gasteiger partial charge >= 0.3 is 6.16 Å². The lowest BCUT2D eigenvalue weighted by molar-refractivity contribution is -0.140. The average Bonchev–Trinajstić information content (AvgIpc) is 2.40. The number of hydrogen-bond donors (Lipinski definition) is 1. The Morgan fingerprint density at radius 3 is 2.38 bits per heavy atom. The molecule has 5 nitrogen and oxygen atoms in total. The zero-order valence-electron chi connectivity index (χ0n) is 9.28. The van der Waals surface area contributed by atoms with Crippen LogP contribution in [0.25, 0.3) is 0 Å². The van der Waals surface area contributed by atoms with Gasteiger partial charge in [-0.25, -0.2) is 4.79 Å². The fourth-order valence-corrected chi connectivity index (χ4v) is 4.56. The zero-order valence-corrected chi connectivity index (χ0v) is 9.28. The van der Waals surface area contributed by atoms with E-state index in [1.54, 1.807) is 0 Å². The lowest BCUT2D eigenvalue weighted by Gasteiger charge is -2.55. The Morgan fingerprint density at radius 2 is 1.75 bits per heavy atom. The lowest BCUT2D eigenvalue weighted by Crippen LogP contribution is -2.58. The summed E-state index contributed by atoms with van der Waals surface area (Å²) in [6.45, 7) is 0. The Labute approximate surface area is 94.4 Å². The standard InChI is InChI=1S/C11H14O3.H3N.H2O/c12-10-13-9-8-2-6-1-7(3-8)5-11(9,4-6)14-10;;/h6-9H,1-5H2;1H3;1H2. The van der Waals surface area contributed by atoms with Crippen LogP contribution in [0.1, 0.15) is 32.1 Å². The second kappa shape index (κ2) is 3.34. The fourth-order valence-electron chi connectivity index (χ4n) is 4.56. The Kier molecular flexibility index (Phi) is 2.44. The van der Waals surface area contributed by atoms with E-state index in [4.69, 9.17) is 9.47 Å². The highest BCUT2D eigenvalue weighted by Crippen LogP contribution is 2.60. The summed E-state index contributed by atoms with van der Waals surface area (Å²) in [4.78, 5) is 11.2. The molecule has 4 saturated carbocycles. The third-order valence-electron chi connectivity index (χ3n) is 4.66. The summed E-state index contributed by atoms with van der Waals surface area (Å²) in [5, 5.41) is 0. The molecule has 0 radical (unpaired) electrons. The topological polar surface area (TPSA) is 102 Å². The minimum Gasteiger partial charge on any atom is -0.426 e. The molecule has 4 bridgehead atoms. The second-order valence-electron chi connectivity index (χ2n) is 5.56. The largest absolute Gasteiger partial charge is 0.509 e.